The molecule has 1 aliphatic heterocycles. The smallest absolute Gasteiger partial charge is 0.458 e. The molecule has 130 valence electrons. The third kappa shape index (κ3) is 10.2. The lowest BCUT2D eigenvalue weighted by atomic mass is 10.4. The molecule has 1 aliphatic rings. The van der Waals surface area contributed by atoms with Gasteiger partial charge in [0.1, 0.15) is 25.9 Å². The molecule has 3 atom stereocenters. The van der Waals surface area contributed by atoms with Gasteiger partial charge in [-0.05, 0) is 0 Å². The van der Waals surface area contributed by atoms with Crippen molar-refractivity contribution in [3.05, 3.63) is 0 Å². The molecule has 1 unspecified atom stereocenters. The minimum absolute atomic E-state index is 0.0170. The van der Waals surface area contributed by atoms with E-state index in [1.54, 1.807) is 0 Å². The fraction of sp³-hybridized carbons (Fsp3) is 0.917. The van der Waals surface area contributed by atoms with Gasteiger partial charge in [0.25, 0.3) is 0 Å². The first kappa shape index (κ1) is 19.5. The SMILES string of the molecule is CC(=O)O[C@H](CO[C@H]1CO1)COP(=O)(O)OCC[N+](C)(C)C. The predicted molar refractivity (Wildman–Crippen MR) is 75.9 cm³/mol. The van der Waals surface area contributed by atoms with Crippen molar-refractivity contribution in [2.75, 3.05) is 54.1 Å². The largest absolute Gasteiger partial charge is 0.472 e. The van der Waals surface area contributed by atoms with Crippen molar-refractivity contribution in [3.63, 3.8) is 0 Å². The zero-order chi connectivity index (χ0) is 16.8. The molecule has 0 saturated carbocycles. The maximum Gasteiger partial charge on any atom is 0.472 e. The number of rotatable bonds is 11. The van der Waals surface area contributed by atoms with Crippen molar-refractivity contribution in [1.82, 2.24) is 0 Å². The second-order valence-corrected chi connectivity index (χ2v) is 7.39. The summed E-state index contributed by atoms with van der Waals surface area (Å²) in [5.74, 6) is -0.535. The van der Waals surface area contributed by atoms with Gasteiger partial charge in [-0.25, -0.2) is 4.57 Å². The van der Waals surface area contributed by atoms with E-state index in [0.717, 1.165) is 0 Å². The molecule has 1 rings (SSSR count). The highest BCUT2D eigenvalue weighted by Crippen LogP contribution is 2.43. The van der Waals surface area contributed by atoms with Gasteiger partial charge in [-0.1, -0.05) is 0 Å². The lowest BCUT2D eigenvalue weighted by molar-refractivity contribution is -0.870. The van der Waals surface area contributed by atoms with E-state index in [2.05, 4.69) is 0 Å². The van der Waals surface area contributed by atoms with Gasteiger partial charge in [0.2, 0.25) is 0 Å². The summed E-state index contributed by atoms with van der Waals surface area (Å²) in [6.07, 6.45) is -1.11. The van der Waals surface area contributed by atoms with Crippen molar-refractivity contribution in [2.45, 2.75) is 19.3 Å². The van der Waals surface area contributed by atoms with Crippen LogP contribution in [0.25, 0.3) is 0 Å². The minimum atomic E-state index is -4.20. The molecule has 9 nitrogen and oxygen atoms in total. The van der Waals surface area contributed by atoms with E-state index >= 15 is 0 Å². The zero-order valence-corrected chi connectivity index (χ0v) is 14.3. The van der Waals surface area contributed by atoms with E-state index in [-0.39, 0.29) is 26.1 Å². The molecule has 0 radical (unpaired) electrons. The quantitative estimate of drug-likeness (QED) is 0.245. The van der Waals surface area contributed by atoms with Crippen LogP contribution >= 0.6 is 7.82 Å². The molecule has 10 heteroatoms. The van der Waals surface area contributed by atoms with Crippen LogP contribution < -0.4 is 0 Å². The van der Waals surface area contributed by atoms with E-state index in [4.69, 9.17) is 23.3 Å². The Kier molecular flexibility index (Phi) is 7.40. The summed E-state index contributed by atoms with van der Waals surface area (Å²) < 4.78 is 37.1. The zero-order valence-electron chi connectivity index (χ0n) is 13.4. The molecule has 0 aliphatic carbocycles. The lowest BCUT2D eigenvalue weighted by Crippen LogP contribution is -2.37. The number of likely N-dealkylation sites (N-methyl/N-ethyl adjacent to an activating group) is 1. The Bertz CT molecular complexity index is 406. The molecule has 0 aromatic rings. The number of hydrogen-bond acceptors (Lipinski definition) is 7. The van der Waals surface area contributed by atoms with Crippen molar-refractivity contribution in [1.29, 1.82) is 0 Å². The van der Waals surface area contributed by atoms with Crippen LogP contribution in [0.1, 0.15) is 6.92 Å². The van der Waals surface area contributed by atoms with Crippen molar-refractivity contribution >= 4 is 13.8 Å². The monoisotopic (exact) mass is 342 g/mol. The highest BCUT2D eigenvalue weighted by Gasteiger charge is 2.28. The lowest BCUT2D eigenvalue weighted by Gasteiger charge is -2.24. The molecular weight excluding hydrogens is 317 g/mol. The van der Waals surface area contributed by atoms with Crippen LogP contribution in [0, 0.1) is 0 Å². The van der Waals surface area contributed by atoms with Crippen LogP contribution in [0.15, 0.2) is 0 Å². The van der Waals surface area contributed by atoms with E-state index in [9.17, 15) is 14.3 Å². The molecule has 0 bridgehead atoms. The Hall–Kier alpha value is -0.540. The molecular formula is C12H25NO8P+. The van der Waals surface area contributed by atoms with Crippen LogP contribution in [0.4, 0.5) is 0 Å². The second-order valence-electron chi connectivity index (χ2n) is 5.94. The maximum absolute atomic E-state index is 11.7. The predicted octanol–water partition coefficient (Wildman–Crippen LogP) is 0.131. The van der Waals surface area contributed by atoms with Gasteiger partial charge in [-0.3, -0.25) is 13.8 Å². The van der Waals surface area contributed by atoms with Crippen LogP contribution in [0.5, 0.6) is 0 Å². The minimum Gasteiger partial charge on any atom is -0.458 e. The number of esters is 1. The van der Waals surface area contributed by atoms with Crippen molar-refractivity contribution < 1.29 is 42.0 Å². The number of quaternary nitrogens is 1. The molecule has 0 amide bonds. The first-order valence-electron chi connectivity index (χ1n) is 6.90. The number of carbonyl (C=O) groups excluding carboxylic acids is 1. The average molecular weight is 342 g/mol. The standard InChI is InChI=1S/C12H24NO8P/c1-10(14)21-11(7-17-12-9-18-12)8-20-22(15,16)19-6-5-13(2,3)4/h11-12H,5-9H2,1-4H3/p+1/t11-,12-/m1/s1. The fourth-order valence-electron chi connectivity index (χ4n) is 1.35. The first-order valence-corrected chi connectivity index (χ1v) is 8.40. The Morgan fingerprint density at radius 1 is 1.36 bits per heavy atom. The number of phosphoric acid groups is 1. The summed E-state index contributed by atoms with van der Waals surface area (Å²) in [6, 6.07) is 0. The molecule has 0 aromatic heterocycles. The summed E-state index contributed by atoms with van der Waals surface area (Å²) in [7, 11) is 1.60. The highest BCUT2D eigenvalue weighted by molar-refractivity contribution is 7.47. The van der Waals surface area contributed by atoms with E-state index in [1.165, 1.54) is 6.92 Å². The number of carbonyl (C=O) groups is 1. The molecule has 1 fully saturated rings. The Morgan fingerprint density at radius 2 is 2.00 bits per heavy atom. The number of hydrogen-bond donors (Lipinski definition) is 1. The van der Waals surface area contributed by atoms with Gasteiger partial charge in [0.05, 0.1) is 34.4 Å². The highest BCUT2D eigenvalue weighted by atomic mass is 31.2. The Labute approximate surface area is 130 Å². The molecule has 1 saturated heterocycles. The van der Waals surface area contributed by atoms with Crippen LogP contribution in [-0.4, -0.2) is 81.9 Å². The second kappa shape index (κ2) is 8.35. The number of epoxide rings is 1. The van der Waals surface area contributed by atoms with Gasteiger partial charge in [0.15, 0.2) is 6.29 Å². The van der Waals surface area contributed by atoms with Crippen LogP contribution in [-0.2, 0) is 32.6 Å². The average Bonchev–Trinajstić information content (AvgIpc) is 3.14. The van der Waals surface area contributed by atoms with E-state index < -0.39 is 19.9 Å². The summed E-state index contributed by atoms with van der Waals surface area (Å²) in [5.41, 5.74) is 0. The van der Waals surface area contributed by atoms with Gasteiger partial charge in [0, 0.05) is 6.92 Å². The molecule has 1 heterocycles. The summed E-state index contributed by atoms with van der Waals surface area (Å²) in [4.78, 5) is 20.6. The third-order valence-corrected chi connectivity index (χ3v) is 3.53. The van der Waals surface area contributed by atoms with Crippen LogP contribution in [0.2, 0.25) is 0 Å². The topological polar surface area (TPSA) is 104 Å². The third-order valence-electron chi connectivity index (χ3n) is 2.54. The number of ether oxygens (including phenoxy) is 3. The Balaban J connectivity index is 2.33. The van der Waals surface area contributed by atoms with Gasteiger partial charge >= 0.3 is 13.8 Å². The number of phosphoric ester groups is 1. The van der Waals surface area contributed by atoms with E-state index in [1.807, 2.05) is 21.1 Å². The summed E-state index contributed by atoms with van der Waals surface area (Å²) in [5, 5.41) is 0. The Morgan fingerprint density at radius 3 is 2.50 bits per heavy atom. The molecule has 0 spiro atoms. The van der Waals surface area contributed by atoms with Gasteiger partial charge in [-0.2, -0.15) is 0 Å². The van der Waals surface area contributed by atoms with E-state index in [0.29, 0.717) is 17.6 Å². The first-order chi connectivity index (χ1) is 10.1. The van der Waals surface area contributed by atoms with Crippen molar-refractivity contribution in [3.8, 4) is 0 Å². The van der Waals surface area contributed by atoms with Gasteiger partial charge in [-0.15, -0.1) is 0 Å². The summed E-state index contributed by atoms with van der Waals surface area (Å²) >= 11 is 0. The molecule has 0 aromatic carbocycles. The molecule has 22 heavy (non-hydrogen) atoms. The fourth-order valence-corrected chi connectivity index (χ4v) is 2.09. The molecule has 1 N–H and O–H groups in total. The van der Waals surface area contributed by atoms with Gasteiger partial charge < -0.3 is 23.6 Å². The summed E-state index contributed by atoms with van der Waals surface area (Å²) in [6.45, 7) is 2.05. The maximum atomic E-state index is 11.7. The normalized spacial score (nSPS) is 22.0. The number of nitrogens with zero attached hydrogens (tertiary/aromatic N) is 1. The van der Waals surface area contributed by atoms with Crippen LogP contribution in [0.3, 0.4) is 0 Å². The van der Waals surface area contributed by atoms with Crippen molar-refractivity contribution in [2.24, 2.45) is 0 Å².